The Kier molecular flexibility index (Phi) is 4.99. The molecule has 0 N–H and O–H groups in total. The van der Waals surface area contributed by atoms with Crippen LogP contribution in [0.2, 0.25) is 0 Å². The van der Waals surface area contributed by atoms with E-state index in [2.05, 4.69) is 18.7 Å². The molecule has 104 valence electrons. The van der Waals surface area contributed by atoms with Crippen LogP contribution in [0.5, 0.6) is 0 Å². The van der Waals surface area contributed by atoms with Gasteiger partial charge in [0, 0.05) is 30.0 Å². The van der Waals surface area contributed by atoms with E-state index in [1.807, 2.05) is 11.8 Å². The van der Waals surface area contributed by atoms with Gasteiger partial charge in [-0.15, -0.1) is 0 Å². The highest BCUT2D eigenvalue weighted by atomic mass is 32.2. The maximum atomic E-state index is 13.5. The fourth-order valence-electron chi connectivity index (χ4n) is 2.36. The first kappa shape index (κ1) is 14.5. The molecule has 1 aliphatic rings. The van der Waals surface area contributed by atoms with Crippen molar-refractivity contribution in [2.24, 2.45) is 0 Å². The summed E-state index contributed by atoms with van der Waals surface area (Å²) in [6.45, 7) is 5.73. The fourth-order valence-corrected chi connectivity index (χ4v) is 3.52. The Labute approximate surface area is 118 Å². The van der Waals surface area contributed by atoms with Gasteiger partial charge in [0.15, 0.2) is 5.78 Å². The van der Waals surface area contributed by atoms with Crippen molar-refractivity contribution in [1.29, 1.82) is 0 Å². The summed E-state index contributed by atoms with van der Waals surface area (Å²) in [5, 5.41) is 0.551. The van der Waals surface area contributed by atoms with Gasteiger partial charge in [0.25, 0.3) is 0 Å². The lowest BCUT2D eigenvalue weighted by molar-refractivity contribution is -0.120. The number of nitrogens with zero attached hydrogens (tertiary/aromatic N) is 1. The Bertz CT molecular complexity index is 452. The molecule has 0 saturated carbocycles. The summed E-state index contributed by atoms with van der Waals surface area (Å²) < 4.78 is 13.5. The van der Waals surface area contributed by atoms with Crippen molar-refractivity contribution < 1.29 is 9.18 Å². The van der Waals surface area contributed by atoms with Crippen molar-refractivity contribution in [3.8, 4) is 0 Å². The number of thioether (sulfide) groups is 1. The van der Waals surface area contributed by atoms with Crippen molar-refractivity contribution in [3.63, 3.8) is 0 Å². The van der Waals surface area contributed by atoms with Gasteiger partial charge in [0.2, 0.25) is 0 Å². The number of carbonyl (C=O) groups is 1. The molecule has 0 spiro atoms. The van der Waals surface area contributed by atoms with E-state index in [1.165, 1.54) is 6.07 Å². The van der Waals surface area contributed by atoms with Crippen LogP contribution in [0.4, 0.5) is 4.39 Å². The van der Waals surface area contributed by atoms with Crippen LogP contribution in [0.25, 0.3) is 0 Å². The van der Waals surface area contributed by atoms with Crippen molar-refractivity contribution in [2.75, 3.05) is 18.8 Å². The minimum Gasteiger partial charge on any atom is -0.298 e. The molecule has 1 aliphatic heterocycles. The third-order valence-corrected chi connectivity index (χ3v) is 5.08. The van der Waals surface area contributed by atoms with Crippen LogP contribution in [0, 0.1) is 5.82 Å². The first-order valence-corrected chi connectivity index (χ1v) is 7.73. The zero-order valence-corrected chi connectivity index (χ0v) is 12.3. The Balaban J connectivity index is 1.93. The minimum atomic E-state index is -0.286. The van der Waals surface area contributed by atoms with Crippen LogP contribution in [0.3, 0.4) is 0 Å². The SMILES string of the molecule is CC1SCCN(CC(=O)Cc2ccccc2F)C1C. The predicted octanol–water partition coefficient (Wildman–Crippen LogP) is 2.76. The van der Waals surface area contributed by atoms with E-state index in [-0.39, 0.29) is 18.0 Å². The third kappa shape index (κ3) is 3.80. The molecule has 2 nitrogen and oxygen atoms in total. The van der Waals surface area contributed by atoms with E-state index < -0.39 is 0 Å². The predicted molar refractivity (Wildman–Crippen MR) is 78.1 cm³/mol. The molecule has 4 heteroatoms. The summed E-state index contributed by atoms with van der Waals surface area (Å²) in [5.41, 5.74) is 0.500. The van der Waals surface area contributed by atoms with Crippen LogP contribution in [0.15, 0.2) is 24.3 Å². The number of hydrogen-bond donors (Lipinski definition) is 0. The number of halogens is 1. The average molecular weight is 281 g/mol. The average Bonchev–Trinajstić information content (AvgIpc) is 2.38. The topological polar surface area (TPSA) is 20.3 Å². The number of hydrogen-bond acceptors (Lipinski definition) is 3. The van der Waals surface area contributed by atoms with Gasteiger partial charge in [-0.05, 0) is 18.6 Å². The van der Waals surface area contributed by atoms with Crippen LogP contribution >= 0.6 is 11.8 Å². The standard InChI is InChI=1S/C15H20FNOS/c1-11-12(2)19-8-7-17(11)10-14(18)9-13-5-3-4-6-15(13)16/h3-6,11-12H,7-10H2,1-2H3. The number of carbonyl (C=O) groups excluding carboxylic acids is 1. The van der Waals surface area contributed by atoms with Gasteiger partial charge in [-0.1, -0.05) is 25.1 Å². The van der Waals surface area contributed by atoms with Gasteiger partial charge in [-0.2, -0.15) is 11.8 Å². The first-order chi connectivity index (χ1) is 9.08. The van der Waals surface area contributed by atoms with Crippen LogP contribution in [-0.2, 0) is 11.2 Å². The zero-order chi connectivity index (χ0) is 13.8. The Hall–Kier alpha value is -0.870. The highest BCUT2D eigenvalue weighted by Gasteiger charge is 2.26. The smallest absolute Gasteiger partial charge is 0.151 e. The largest absolute Gasteiger partial charge is 0.298 e. The molecule has 19 heavy (non-hydrogen) atoms. The summed E-state index contributed by atoms with van der Waals surface area (Å²) in [6.07, 6.45) is 0.192. The molecule has 1 heterocycles. The Morgan fingerprint density at radius 3 is 2.89 bits per heavy atom. The summed E-state index contributed by atoms with van der Waals surface area (Å²) in [7, 11) is 0. The molecular weight excluding hydrogens is 261 g/mol. The van der Waals surface area contributed by atoms with Gasteiger partial charge in [-0.25, -0.2) is 4.39 Å². The van der Waals surface area contributed by atoms with Gasteiger partial charge >= 0.3 is 0 Å². The number of Topliss-reactive ketones (excluding diaryl/α,β-unsaturated/α-hetero) is 1. The molecule has 2 unspecified atom stereocenters. The van der Waals surface area contributed by atoms with Crippen molar-refractivity contribution in [2.45, 2.75) is 31.6 Å². The molecule has 0 amide bonds. The van der Waals surface area contributed by atoms with Gasteiger partial charge in [0.1, 0.15) is 5.82 Å². The highest BCUT2D eigenvalue weighted by Crippen LogP contribution is 2.24. The summed E-state index contributed by atoms with van der Waals surface area (Å²) in [6, 6.07) is 6.92. The molecule has 1 aromatic carbocycles. The van der Waals surface area contributed by atoms with Crippen molar-refractivity contribution >= 4 is 17.5 Å². The molecule has 1 fully saturated rings. The van der Waals surface area contributed by atoms with E-state index in [0.717, 1.165) is 12.3 Å². The number of benzene rings is 1. The lowest BCUT2D eigenvalue weighted by Crippen LogP contribution is -2.47. The second-order valence-electron chi connectivity index (χ2n) is 5.09. The molecule has 0 bridgehead atoms. The molecule has 0 aromatic heterocycles. The van der Waals surface area contributed by atoms with E-state index in [1.54, 1.807) is 18.2 Å². The normalized spacial score (nSPS) is 24.4. The maximum Gasteiger partial charge on any atom is 0.151 e. The second kappa shape index (κ2) is 6.53. The number of rotatable bonds is 4. The third-order valence-electron chi connectivity index (χ3n) is 3.74. The Morgan fingerprint density at radius 2 is 2.16 bits per heavy atom. The lowest BCUT2D eigenvalue weighted by atomic mass is 10.1. The van der Waals surface area contributed by atoms with E-state index in [4.69, 9.17) is 0 Å². The van der Waals surface area contributed by atoms with Crippen LogP contribution in [0.1, 0.15) is 19.4 Å². The molecule has 1 saturated heterocycles. The summed E-state index contributed by atoms with van der Waals surface area (Å²) >= 11 is 1.95. The van der Waals surface area contributed by atoms with Crippen molar-refractivity contribution in [1.82, 2.24) is 4.90 Å². The minimum absolute atomic E-state index is 0.0936. The molecule has 2 atom stereocenters. The maximum absolute atomic E-state index is 13.5. The molecule has 0 radical (unpaired) electrons. The van der Waals surface area contributed by atoms with Gasteiger partial charge < -0.3 is 0 Å². The zero-order valence-electron chi connectivity index (χ0n) is 11.4. The quantitative estimate of drug-likeness (QED) is 0.846. The first-order valence-electron chi connectivity index (χ1n) is 6.68. The number of ketones is 1. The van der Waals surface area contributed by atoms with Crippen molar-refractivity contribution in [3.05, 3.63) is 35.6 Å². The summed E-state index contributed by atoms with van der Waals surface area (Å²) in [4.78, 5) is 14.3. The monoisotopic (exact) mass is 281 g/mol. The molecule has 1 aromatic rings. The fraction of sp³-hybridized carbons (Fsp3) is 0.533. The van der Waals surface area contributed by atoms with Gasteiger partial charge in [0.05, 0.1) is 6.54 Å². The molecule has 2 rings (SSSR count). The van der Waals surface area contributed by atoms with Gasteiger partial charge in [-0.3, -0.25) is 9.69 Å². The Morgan fingerprint density at radius 1 is 1.42 bits per heavy atom. The molecular formula is C15H20FNOS. The summed E-state index contributed by atoms with van der Waals surface area (Å²) in [5.74, 6) is 0.876. The van der Waals surface area contributed by atoms with E-state index in [0.29, 0.717) is 23.4 Å². The van der Waals surface area contributed by atoms with E-state index in [9.17, 15) is 9.18 Å². The lowest BCUT2D eigenvalue weighted by Gasteiger charge is -2.36. The van der Waals surface area contributed by atoms with Crippen LogP contribution in [-0.4, -0.2) is 40.8 Å². The second-order valence-corrected chi connectivity index (χ2v) is 6.58. The highest BCUT2D eigenvalue weighted by molar-refractivity contribution is 8.00. The van der Waals surface area contributed by atoms with E-state index >= 15 is 0 Å². The molecule has 0 aliphatic carbocycles. The van der Waals surface area contributed by atoms with Crippen LogP contribution < -0.4 is 0 Å².